The van der Waals surface area contributed by atoms with Crippen LogP contribution in [-0.4, -0.2) is 47.7 Å². The highest BCUT2D eigenvalue weighted by Gasteiger charge is 2.38. The number of alkyl halides is 3. The van der Waals surface area contributed by atoms with Crippen LogP contribution >= 0.6 is 0 Å². The Balaban J connectivity index is 0.000000293. The molecule has 0 aromatic carbocycles. The number of amides is 1. The molecule has 0 bridgehead atoms. The lowest BCUT2D eigenvalue weighted by molar-refractivity contribution is -0.192. The summed E-state index contributed by atoms with van der Waals surface area (Å²) in [4.78, 5) is 21.5. The molecule has 1 saturated heterocycles. The maximum atomic E-state index is 10.6. The van der Waals surface area contributed by atoms with Gasteiger partial charge >= 0.3 is 12.1 Å². The summed E-state index contributed by atoms with van der Waals surface area (Å²) in [5, 5.41) is 7.12. The summed E-state index contributed by atoms with van der Waals surface area (Å²) in [7, 11) is 1.93. The Morgan fingerprint density at radius 3 is 2.00 bits per heavy atom. The molecule has 1 rings (SSSR count). The van der Waals surface area contributed by atoms with Crippen LogP contribution in [0.25, 0.3) is 0 Å². The predicted molar refractivity (Wildman–Crippen MR) is 48.5 cm³/mol. The summed E-state index contributed by atoms with van der Waals surface area (Å²) in [5.41, 5.74) is 5.11. The summed E-state index contributed by atoms with van der Waals surface area (Å²) >= 11 is 0. The van der Waals surface area contributed by atoms with Crippen molar-refractivity contribution in [3.8, 4) is 0 Å². The highest BCUT2D eigenvalue weighted by molar-refractivity contribution is 5.80. The Hall–Kier alpha value is -1.31. The van der Waals surface area contributed by atoms with Crippen molar-refractivity contribution >= 4 is 11.9 Å². The Labute approximate surface area is 90.0 Å². The lowest BCUT2D eigenvalue weighted by atomic mass is 10.2. The van der Waals surface area contributed by atoms with Gasteiger partial charge in [-0.25, -0.2) is 4.79 Å². The van der Waals surface area contributed by atoms with Crippen molar-refractivity contribution in [2.24, 2.45) is 5.73 Å². The van der Waals surface area contributed by atoms with Crippen LogP contribution in [0.5, 0.6) is 0 Å². The molecule has 1 heterocycles. The molecule has 1 aliphatic rings. The Kier molecular flexibility index (Phi) is 5.22. The minimum absolute atomic E-state index is 0.00463. The number of carboxylic acid groups (broad SMARTS) is 1. The third-order valence-corrected chi connectivity index (χ3v) is 2.09. The van der Waals surface area contributed by atoms with Gasteiger partial charge in [0.2, 0.25) is 5.91 Å². The topological polar surface area (TPSA) is 83.6 Å². The van der Waals surface area contributed by atoms with Gasteiger partial charge in [0, 0.05) is 0 Å². The second-order valence-electron chi connectivity index (χ2n) is 3.34. The summed E-state index contributed by atoms with van der Waals surface area (Å²) in [6.07, 6.45) is -3.05. The van der Waals surface area contributed by atoms with E-state index in [4.69, 9.17) is 15.6 Å². The summed E-state index contributed by atoms with van der Waals surface area (Å²) in [6, 6.07) is 0.00463. The molecule has 0 aromatic heterocycles. The van der Waals surface area contributed by atoms with Crippen molar-refractivity contribution in [1.29, 1.82) is 0 Å². The number of aliphatic carboxylic acids is 1. The first-order chi connectivity index (χ1) is 7.16. The van der Waals surface area contributed by atoms with Crippen molar-refractivity contribution in [2.75, 3.05) is 13.6 Å². The Morgan fingerprint density at radius 2 is 1.88 bits per heavy atom. The molecule has 0 aliphatic carbocycles. The molecule has 1 aliphatic heterocycles. The molecule has 0 radical (unpaired) electrons. The first-order valence-corrected chi connectivity index (χ1v) is 4.46. The predicted octanol–water partition coefficient (Wildman–Crippen LogP) is 0.199. The van der Waals surface area contributed by atoms with Gasteiger partial charge in [-0.05, 0) is 26.4 Å². The number of carbonyl (C=O) groups excluding carboxylic acids is 1. The van der Waals surface area contributed by atoms with Crippen molar-refractivity contribution in [1.82, 2.24) is 4.90 Å². The SMILES string of the molecule is CN1CCCC1C(N)=O.O=C(O)C(F)(F)F. The minimum Gasteiger partial charge on any atom is -0.475 e. The molecule has 1 unspecified atom stereocenters. The number of carboxylic acids is 1. The lowest BCUT2D eigenvalue weighted by Crippen LogP contribution is -2.37. The molecule has 0 aromatic rings. The van der Waals surface area contributed by atoms with Crippen LogP contribution in [0.1, 0.15) is 12.8 Å². The van der Waals surface area contributed by atoms with Crippen LogP contribution in [0, 0.1) is 0 Å². The number of nitrogens with zero attached hydrogens (tertiary/aromatic N) is 1. The molecule has 1 atom stereocenters. The van der Waals surface area contributed by atoms with E-state index in [0.717, 1.165) is 19.4 Å². The molecular formula is C8H13F3N2O3. The summed E-state index contributed by atoms with van der Waals surface area (Å²) in [5.74, 6) is -2.94. The second-order valence-corrected chi connectivity index (χ2v) is 3.34. The van der Waals surface area contributed by atoms with Crippen LogP contribution in [-0.2, 0) is 9.59 Å². The number of likely N-dealkylation sites (N-methyl/N-ethyl adjacent to an activating group) is 1. The van der Waals surface area contributed by atoms with E-state index in [1.165, 1.54) is 0 Å². The van der Waals surface area contributed by atoms with Gasteiger partial charge in [0.15, 0.2) is 0 Å². The molecule has 1 amide bonds. The third kappa shape index (κ3) is 4.96. The van der Waals surface area contributed by atoms with E-state index in [9.17, 15) is 18.0 Å². The van der Waals surface area contributed by atoms with E-state index in [-0.39, 0.29) is 11.9 Å². The first-order valence-electron chi connectivity index (χ1n) is 4.46. The number of carbonyl (C=O) groups is 2. The number of nitrogens with two attached hydrogens (primary N) is 1. The second kappa shape index (κ2) is 5.69. The molecule has 16 heavy (non-hydrogen) atoms. The Morgan fingerprint density at radius 1 is 1.44 bits per heavy atom. The van der Waals surface area contributed by atoms with E-state index in [0.29, 0.717) is 0 Å². The number of rotatable bonds is 1. The van der Waals surface area contributed by atoms with Crippen LogP contribution < -0.4 is 5.73 Å². The maximum Gasteiger partial charge on any atom is 0.490 e. The Bertz CT molecular complexity index is 268. The quantitative estimate of drug-likeness (QED) is 0.688. The highest BCUT2D eigenvalue weighted by Crippen LogP contribution is 2.13. The van der Waals surface area contributed by atoms with Crippen molar-refractivity contribution in [3.63, 3.8) is 0 Å². The summed E-state index contributed by atoms with van der Waals surface area (Å²) in [6.45, 7) is 1.01. The van der Waals surface area contributed by atoms with Gasteiger partial charge in [-0.2, -0.15) is 13.2 Å². The minimum atomic E-state index is -5.08. The van der Waals surface area contributed by atoms with Crippen LogP contribution in [0.3, 0.4) is 0 Å². The standard InChI is InChI=1S/C6H12N2O.C2HF3O2/c1-8-4-2-3-5(8)6(7)9;3-2(4,5)1(6)7/h5H,2-4H2,1H3,(H2,7,9);(H,6,7). The normalized spacial score (nSPS) is 21.1. The van der Waals surface area contributed by atoms with Crippen molar-refractivity contribution < 1.29 is 27.9 Å². The zero-order valence-corrected chi connectivity index (χ0v) is 8.62. The molecule has 1 fully saturated rings. The average Bonchev–Trinajstić information content (AvgIpc) is 2.50. The molecule has 0 spiro atoms. The van der Waals surface area contributed by atoms with Gasteiger partial charge in [-0.1, -0.05) is 0 Å². The van der Waals surface area contributed by atoms with Crippen molar-refractivity contribution in [3.05, 3.63) is 0 Å². The lowest BCUT2D eigenvalue weighted by Gasteiger charge is -2.14. The average molecular weight is 242 g/mol. The third-order valence-electron chi connectivity index (χ3n) is 2.09. The van der Waals surface area contributed by atoms with Crippen LogP contribution in [0.4, 0.5) is 13.2 Å². The number of likely N-dealkylation sites (tertiary alicyclic amines) is 1. The van der Waals surface area contributed by atoms with Crippen LogP contribution in [0.2, 0.25) is 0 Å². The largest absolute Gasteiger partial charge is 0.490 e. The van der Waals surface area contributed by atoms with E-state index >= 15 is 0 Å². The molecule has 5 nitrogen and oxygen atoms in total. The van der Waals surface area contributed by atoms with Crippen molar-refractivity contribution in [2.45, 2.75) is 25.1 Å². The smallest absolute Gasteiger partial charge is 0.475 e. The molecule has 8 heteroatoms. The summed E-state index contributed by atoms with van der Waals surface area (Å²) < 4.78 is 31.7. The number of primary amides is 1. The zero-order valence-electron chi connectivity index (χ0n) is 8.62. The van der Waals surface area contributed by atoms with E-state index < -0.39 is 12.1 Å². The highest BCUT2D eigenvalue weighted by atomic mass is 19.4. The van der Waals surface area contributed by atoms with Crippen LogP contribution in [0.15, 0.2) is 0 Å². The molecule has 3 N–H and O–H groups in total. The van der Waals surface area contributed by atoms with E-state index in [2.05, 4.69) is 0 Å². The van der Waals surface area contributed by atoms with Gasteiger partial charge in [0.1, 0.15) is 0 Å². The van der Waals surface area contributed by atoms with E-state index in [1.807, 2.05) is 11.9 Å². The van der Waals surface area contributed by atoms with Gasteiger partial charge in [0.05, 0.1) is 6.04 Å². The molecule has 94 valence electrons. The monoisotopic (exact) mass is 242 g/mol. The number of hydrogen-bond donors (Lipinski definition) is 2. The maximum absolute atomic E-state index is 10.6. The molecule has 0 saturated carbocycles. The number of hydrogen-bond acceptors (Lipinski definition) is 3. The van der Waals surface area contributed by atoms with Gasteiger partial charge in [-0.3, -0.25) is 9.69 Å². The van der Waals surface area contributed by atoms with Gasteiger partial charge < -0.3 is 10.8 Å². The van der Waals surface area contributed by atoms with Gasteiger partial charge in [0.25, 0.3) is 0 Å². The number of halogens is 3. The fourth-order valence-corrected chi connectivity index (χ4v) is 1.27. The first kappa shape index (κ1) is 14.7. The fraction of sp³-hybridized carbons (Fsp3) is 0.750. The van der Waals surface area contributed by atoms with Gasteiger partial charge in [-0.15, -0.1) is 0 Å². The molecular weight excluding hydrogens is 229 g/mol. The van der Waals surface area contributed by atoms with E-state index in [1.54, 1.807) is 0 Å². The zero-order chi connectivity index (χ0) is 12.9. The fourth-order valence-electron chi connectivity index (χ4n) is 1.27.